The van der Waals surface area contributed by atoms with Crippen molar-refractivity contribution in [3.05, 3.63) is 58.6 Å². The standard InChI is InChI=1S/C19H22ClN3O.ClH/c1-13(14-7-9-15(20)10-8-14)22-19(24)12-23-11-3-4-16-17(21)5-2-6-18(16)23;/h2,5-10,13H,3-4,11-12,21H2,1H3,(H,22,24);1H. The number of halogens is 2. The number of nitrogens with zero attached hydrogens (tertiary/aromatic N) is 1. The van der Waals surface area contributed by atoms with Crippen LogP contribution in [0.1, 0.15) is 30.5 Å². The monoisotopic (exact) mass is 379 g/mol. The smallest absolute Gasteiger partial charge is 0.239 e. The first-order valence-corrected chi connectivity index (χ1v) is 8.59. The Balaban J connectivity index is 0.00000225. The average Bonchev–Trinajstić information content (AvgIpc) is 2.56. The van der Waals surface area contributed by atoms with Gasteiger partial charge in [-0.2, -0.15) is 0 Å². The van der Waals surface area contributed by atoms with E-state index in [9.17, 15) is 4.79 Å². The summed E-state index contributed by atoms with van der Waals surface area (Å²) in [5.74, 6) is 0.00715. The molecule has 4 nitrogen and oxygen atoms in total. The summed E-state index contributed by atoms with van der Waals surface area (Å²) in [6.45, 7) is 3.19. The zero-order valence-corrected chi connectivity index (χ0v) is 15.7. The third kappa shape index (κ3) is 4.59. The summed E-state index contributed by atoms with van der Waals surface area (Å²) in [6.07, 6.45) is 1.99. The first-order chi connectivity index (χ1) is 11.5. The van der Waals surface area contributed by atoms with Crippen LogP contribution in [0.2, 0.25) is 5.02 Å². The number of nitrogens with one attached hydrogen (secondary N) is 1. The minimum Gasteiger partial charge on any atom is -0.398 e. The molecular weight excluding hydrogens is 357 g/mol. The van der Waals surface area contributed by atoms with Crippen LogP contribution >= 0.6 is 24.0 Å². The van der Waals surface area contributed by atoms with Crippen molar-refractivity contribution in [2.75, 3.05) is 23.7 Å². The number of carbonyl (C=O) groups is 1. The first-order valence-electron chi connectivity index (χ1n) is 8.22. The molecule has 0 aliphatic carbocycles. The molecule has 0 radical (unpaired) electrons. The van der Waals surface area contributed by atoms with E-state index in [0.29, 0.717) is 11.6 Å². The second-order valence-corrected chi connectivity index (χ2v) is 6.65. The molecular formula is C19H23Cl2N3O. The zero-order chi connectivity index (χ0) is 17.1. The Labute approximate surface area is 159 Å². The molecule has 6 heteroatoms. The number of hydrogen-bond acceptors (Lipinski definition) is 3. The van der Waals surface area contributed by atoms with Gasteiger partial charge >= 0.3 is 0 Å². The minimum absolute atomic E-state index is 0. The van der Waals surface area contributed by atoms with E-state index in [-0.39, 0.29) is 24.4 Å². The quantitative estimate of drug-likeness (QED) is 0.789. The highest BCUT2D eigenvalue weighted by atomic mass is 35.5. The number of anilines is 2. The number of carbonyl (C=O) groups excluding carboxylic acids is 1. The molecule has 1 aliphatic rings. The largest absolute Gasteiger partial charge is 0.398 e. The van der Waals surface area contributed by atoms with Crippen molar-refractivity contribution in [1.29, 1.82) is 0 Å². The van der Waals surface area contributed by atoms with Gasteiger partial charge in [-0.1, -0.05) is 29.8 Å². The van der Waals surface area contributed by atoms with Crippen LogP contribution in [-0.2, 0) is 11.2 Å². The molecule has 2 aromatic rings. The number of fused-ring (bicyclic) bond motifs is 1. The Bertz CT molecular complexity index is 734. The molecule has 1 unspecified atom stereocenters. The molecule has 0 saturated carbocycles. The van der Waals surface area contributed by atoms with Crippen LogP contribution in [0.15, 0.2) is 42.5 Å². The molecule has 0 spiro atoms. The zero-order valence-electron chi connectivity index (χ0n) is 14.2. The third-order valence-electron chi connectivity index (χ3n) is 4.46. The number of nitrogens with two attached hydrogens (primary N) is 1. The molecule has 3 N–H and O–H groups in total. The van der Waals surface area contributed by atoms with Crippen LogP contribution in [-0.4, -0.2) is 19.0 Å². The van der Waals surface area contributed by atoms with Crippen molar-refractivity contribution in [3.63, 3.8) is 0 Å². The summed E-state index contributed by atoms with van der Waals surface area (Å²) in [5.41, 5.74) is 10.1. The van der Waals surface area contributed by atoms with Crippen LogP contribution in [0.3, 0.4) is 0 Å². The van der Waals surface area contributed by atoms with E-state index >= 15 is 0 Å². The van der Waals surface area contributed by atoms with Crippen molar-refractivity contribution in [2.24, 2.45) is 0 Å². The fourth-order valence-corrected chi connectivity index (χ4v) is 3.31. The van der Waals surface area contributed by atoms with Gasteiger partial charge in [0.1, 0.15) is 0 Å². The Morgan fingerprint density at radius 2 is 2.00 bits per heavy atom. The van der Waals surface area contributed by atoms with Crippen LogP contribution in [0.4, 0.5) is 11.4 Å². The fourth-order valence-electron chi connectivity index (χ4n) is 3.19. The second kappa shape index (κ2) is 8.45. The molecule has 1 amide bonds. The summed E-state index contributed by atoms with van der Waals surface area (Å²) in [7, 11) is 0. The summed E-state index contributed by atoms with van der Waals surface area (Å²) in [4.78, 5) is 14.6. The van der Waals surface area contributed by atoms with Gasteiger partial charge in [-0.25, -0.2) is 0 Å². The van der Waals surface area contributed by atoms with Crippen LogP contribution in [0, 0.1) is 0 Å². The van der Waals surface area contributed by atoms with Gasteiger partial charge in [0.15, 0.2) is 0 Å². The molecule has 25 heavy (non-hydrogen) atoms. The number of amides is 1. The predicted molar refractivity (Wildman–Crippen MR) is 107 cm³/mol. The van der Waals surface area contributed by atoms with Crippen LogP contribution in [0.5, 0.6) is 0 Å². The highest BCUT2D eigenvalue weighted by Crippen LogP contribution is 2.31. The van der Waals surface area contributed by atoms with E-state index in [4.69, 9.17) is 17.3 Å². The Morgan fingerprint density at radius 1 is 1.28 bits per heavy atom. The van der Waals surface area contributed by atoms with Gasteiger partial charge in [-0.3, -0.25) is 4.79 Å². The summed E-state index contributed by atoms with van der Waals surface area (Å²) in [5, 5.41) is 3.75. The first kappa shape index (κ1) is 19.4. The lowest BCUT2D eigenvalue weighted by atomic mass is 10.00. The summed E-state index contributed by atoms with van der Waals surface area (Å²) < 4.78 is 0. The van der Waals surface area contributed by atoms with E-state index < -0.39 is 0 Å². The van der Waals surface area contributed by atoms with Gasteiger partial charge < -0.3 is 16.0 Å². The van der Waals surface area contributed by atoms with Crippen molar-refractivity contribution >= 4 is 41.3 Å². The minimum atomic E-state index is -0.0557. The number of benzene rings is 2. The van der Waals surface area contributed by atoms with Gasteiger partial charge in [0, 0.05) is 22.9 Å². The summed E-state index contributed by atoms with van der Waals surface area (Å²) >= 11 is 5.91. The van der Waals surface area contributed by atoms with Gasteiger partial charge in [-0.05, 0) is 55.2 Å². The molecule has 1 heterocycles. The lowest BCUT2D eigenvalue weighted by Gasteiger charge is -2.31. The van der Waals surface area contributed by atoms with Crippen molar-refractivity contribution < 1.29 is 4.79 Å². The van der Waals surface area contributed by atoms with Gasteiger partial charge in [0.05, 0.1) is 12.6 Å². The Hall–Kier alpha value is -1.91. The lowest BCUT2D eigenvalue weighted by Crippen LogP contribution is -2.40. The van der Waals surface area contributed by atoms with Crippen molar-refractivity contribution in [2.45, 2.75) is 25.8 Å². The average molecular weight is 380 g/mol. The van der Waals surface area contributed by atoms with E-state index in [1.54, 1.807) is 0 Å². The van der Waals surface area contributed by atoms with Gasteiger partial charge in [0.2, 0.25) is 5.91 Å². The van der Waals surface area contributed by atoms with Crippen LogP contribution in [0.25, 0.3) is 0 Å². The number of rotatable bonds is 4. The normalized spacial score (nSPS) is 14.2. The van der Waals surface area contributed by atoms with E-state index in [2.05, 4.69) is 10.2 Å². The molecule has 0 saturated heterocycles. The van der Waals surface area contributed by atoms with Gasteiger partial charge in [-0.15, -0.1) is 12.4 Å². The molecule has 0 fully saturated rings. The maximum absolute atomic E-state index is 12.4. The van der Waals surface area contributed by atoms with Crippen LogP contribution < -0.4 is 16.0 Å². The fraction of sp³-hybridized carbons (Fsp3) is 0.316. The summed E-state index contributed by atoms with van der Waals surface area (Å²) in [6, 6.07) is 13.4. The number of nitrogen functional groups attached to an aromatic ring is 1. The second-order valence-electron chi connectivity index (χ2n) is 6.21. The lowest BCUT2D eigenvalue weighted by molar-refractivity contribution is -0.120. The SMILES string of the molecule is CC(NC(=O)CN1CCCc2c(N)cccc21)c1ccc(Cl)cc1.Cl. The molecule has 134 valence electrons. The predicted octanol–water partition coefficient (Wildman–Crippen LogP) is 3.97. The topological polar surface area (TPSA) is 58.4 Å². The van der Waals surface area contributed by atoms with Crippen molar-refractivity contribution in [1.82, 2.24) is 5.32 Å². The highest BCUT2D eigenvalue weighted by molar-refractivity contribution is 6.30. The van der Waals surface area contributed by atoms with E-state index in [1.165, 1.54) is 0 Å². The molecule has 2 aromatic carbocycles. The van der Waals surface area contributed by atoms with Gasteiger partial charge in [0.25, 0.3) is 0 Å². The van der Waals surface area contributed by atoms with Crippen molar-refractivity contribution in [3.8, 4) is 0 Å². The maximum atomic E-state index is 12.4. The van der Waals surface area contributed by atoms with E-state index in [0.717, 1.165) is 41.9 Å². The third-order valence-corrected chi connectivity index (χ3v) is 4.72. The molecule has 1 atom stereocenters. The molecule has 1 aliphatic heterocycles. The maximum Gasteiger partial charge on any atom is 0.239 e. The Kier molecular flexibility index (Phi) is 6.57. The molecule has 0 aromatic heterocycles. The Morgan fingerprint density at radius 3 is 2.72 bits per heavy atom. The highest BCUT2D eigenvalue weighted by Gasteiger charge is 2.21. The number of hydrogen-bond donors (Lipinski definition) is 2. The van der Waals surface area contributed by atoms with E-state index in [1.807, 2.05) is 49.4 Å². The molecule has 0 bridgehead atoms. The molecule has 3 rings (SSSR count).